The predicted molar refractivity (Wildman–Crippen MR) is 93.8 cm³/mol. The number of rotatable bonds is 3. The Hall–Kier alpha value is -1.73. The van der Waals surface area contributed by atoms with Gasteiger partial charge in [0.1, 0.15) is 0 Å². The average Bonchev–Trinajstić information content (AvgIpc) is 3.15. The lowest BCUT2D eigenvalue weighted by atomic mass is 9.85. The SMILES string of the molecule is CC1CCCCC1N1C(=O)C(=O)N(CN2CCc3sccc3C2)C1=O. The number of nitrogens with zero attached hydrogens (tertiary/aromatic N) is 3. The fourth-order valence-corrected chi connectivity index (χ4v) is 5.14. The molecule has 0 spiro atoms. The molecule has 0 aromatic carbocycles. The Kier molecular flexibility index (Phi) is 4.37. The van der Waals surface area contributed by atoms with Crippen LogP contribution in [0.1, 0.15) is 43.0 Å². The van der Waals surface area contributed by atoms with Gasteiger partial charge in [0.15, 0.2) is 0 Å². The maximum atomic E-state index is 12.8. The van der Waals surface area contributed by atoms with E-state index in [0.717, 1.165) is 50.1 Å². The van der Waals surface area contributed by atoms with Gasteiger partial charge in [-0.25, -0.2) is 9.69 Å². The number of carbonyl (C=O) groups is 3. The van der Waals surface area contributed by atoms with E-state index in [4.69, 9.17) is 0 Å². The summed E-state index contributed by atoms with van der Waals surface area (Å²) in [5, 5.41) is 2.08. The van der Waals surface area contributed by atoms with Crippen molar-refractivity contribution in [3.05, 3.63) is 21.9 Å². The van der Waals surface area contributed by atoms with Gasteiger partial charge in [-0.1, -0.05) is 19.8 Å². The van der Waals surface area contributed by atoms with E-state index in [1.807, 2.05) is 0 Å². The monoisotopic (exact) mass is 361 g/mol. The summed E-state index contributed by atoms with van der Waals surface area (Å²) in [6, 6.07) is 1.54. The second kappa shape index (κ2) is 6.53. The number of urea groups is 1. The summed E-state index contributed by atoms with van der Waals surface area (Å²) in [7, 11) is 0. The Morgan fingerprint density at radius 1 is 1.16 bits per heavy atom. The summed E-state index contributed by atoms with van der Waals surface area (Å²) in [4.78, 5) is 43.6. The van der Waals surface area contributed by atoms with E-state index in [2.05, 4.69) is 23.3 Å². The molecule has 3 heterocycles. The number of hydrogen-bond donors (Lipinski definition) is 0. The number of carbonyl (C=O) groups excluding carboxylic acids is 3. The standard InChI is InChI=1S/C18H23N3O3S/c1-12-4-2-3-5-14(12)21-17(23)16(22)20(18(21)24)11-19-8-6-15-13(10-19)7-9-25-15/h7,9,12,14H,2-6,8,10-11H2,1H3. The van der Waals surface area contributed by atoms with E-state index >= 15 is 0 Å². The molecule has 1 saturated heterocycles. The predicted octanol–water partition coefficient (Wildman–Crippen LogP) is 2.43. The minimum absolute atomic E-state index is 0.132. The highest BCUT2D eigenvalue weighted by Crippen LogP contribution is 2.31. The van der Waals surface area contributed by atoms with Gasteiger partial charge in [0, 0.05) is 24.0 Å². The summed E-state index contributed by atoms with van der Waals surface area (Å²) in [5.74, 6) is -1.05. The van der Waals surface area contributed by atoms with E-state index in [0.29, 0.717) is 0 Å². The van der Waals surface area contributed by atoms with Gasteiger partial charge < -0.3 is 0 Å². The molecule has 3 aliphatic rings. The number of imide groups is 2. The zero-order valence-corrected chi connectivity index (χ0v) is 15.3. The van der Waals surface area contributed by atoms with Crippen LogP contribution in [0.25, 0.3) is 0 Å². The molecule has 134 valence electrons. The van der Waals surface area contributed by atoms with Gasteiger partial charge in [-0.15, -0.1) is 11.3 Å². The smallest absolute Gasteiger partial charge is 0.281 e. The van der Waals surface area contributed by atoms with E-state index in [1.54, 1.807) is 11.3 Å². The number of amides is 4. The zero-order valence-electron chi connectivity index (χ0n) is 14.4. The van der Waals surface area contributed by atoms with Crippen LogP contribution in [-0.2, 0) is 22.6 Å². The third-order valence-corrected chi connectivity index (χ3v) is 6.73. The first-order chi connectivity index (χ1) is 12.1. The molecule has 4 rings (SSSR count). The van der Waals surface area contributed by atoms with E-state index in [1.165, 1.54) is 15.3 Å². The molecule has 2 aliphatic heterocycles. The van der Waals surface area contributed by atoms with Crippen LogP contribution >= 0.6 is 11.3 Å². The molecular weight excluding hydrogens is 338 g/mol. The first kappa shape index (κ1) is 16.7. The van der Waals surface area contributed by atoms with Crippen LogP contribution in [0.15, 0.2) is 11.4 Å². The summed E-state index contributed by atoms with van der Waals surface area (Å²) in [6.07, 6.45) is 4.88. The molecule has 1 saturated carbocycles. The lowest BCUT2D eigenvalue weighted by molar-refractivity contribution is -0.145. The molecule has 1 aromatic heterocycles. The minimum atomic E-state index is -0.668. The van der Waals surface area contributed by atoms with Crippen LogP contribution in [0.2, 0.25) is 0 Å². The Labute approximate surface area is 151 Å². The summed E-state index contributed by atoms with van der Waals surface area (Å²) in [6.45, 7) is 3.80. The lowest BCUT2D eigenvalue weighted by Crippen LogP contribution is -2.47. The quantitative estimate of drug-likeness (QED) is 0.613. The van der Waals surface area contributed by atoms with Crippen LogP contribution in [0.3, 0.4) is 0 Å². The van der Waals surface area contributed by atoms with E-state index in [-0.39, 0.29) is 18.6 Å². The van der Waals surface area contributed by atoms with Gasteiger partial charge in [0.25, 0.3) is 0 Å². The van der Waals surface area contributed by atoms with Crippen LogP contribution in [0.5, 0.6) is 0 Å². The van der Waals surface area contributed by atoms with Crippen molar-refractivity contribution in [1.82, 2.24) is 14.7 Å². The molecule has 0 N–H and O–H groups in total. The Morgan fingerprint density at radius 2 is 1.96 bits per heavy atom. The first-order valence-corrected chi connectivity index (χ1v) is 9.91. The van der Waals surface area contributed by atoms with Crippen LogP contribution in [0.4, 0.5) is 4.79 Å². The second-order valence-electron chi connectivity index (χ2n) is 7.33. The Bertz CT molecular complexity index is 716. The lowest BCUT2D eigenvalue weighted by Gasteiger charge is -2.34. The second-order valence-corrected chi connectivity index (χ2v) is 8.33. The minimum Gasteiger partial charge on any atom is -0.281 e. The van der Waals surface area contributed by atoms with Crippen LogP contribution in [-0.4, -0.2) is 51.8 Å². The fourth-order valence-electron chi connectivity index (χ4n) is 4.25. The van der Waals surface area contributed by atoms with Crippen molar-refractivity contribution in [3.8, 4) is 0 Å². The zero-order chi connectivity index (χ0) is 17.6. The molecule has 6 nitrogen and oxygen atoms in total. The molecule has 2 unspecified atom stereocenters. The van der Waals surface area contributed by atoms with E-state index in [9.17, 15) is 14.4 Å². The van der Waals surface area contributed by atoms with Crippen LogP contribution < -0.4 is 0 Å². The maximum absolute atomic E-state index is 12.8. The van der Waals surface area contributed by atoms with Gasteiger partial charge >= 0.3 is 17.8 Å². The number of hydrogen-bond acceptors (Lipinski definition) is 5. The summed E-state index contributed by atoms with van der Waals surface area (Å²) >= 11 is 1.75. The highest BCUT2D eigenvalue weighted by molar-refractivity contribution is 7.10. The third kappa shape index (κ3) is 2.89. The van der Waals surface area contributed by atoms with Crippen molar-refractivity contribution in [2.75, 3.05) is 13.2 Å². The summed E-state index contributed by atoms with van der Waals surface area (Å²) < 4.78 is 0. The molecule has 1 aromatic rings. The largest absolute Gasteiger partial charge is 0.335 e. The molecule has 7 heteroatoms. The molecular formula is C18H23N3O3S. The molecule has 2 fully saturated rings. The molecule has 4 amide bonds. The van der Waals surface area contributed by atoms with Crippen molar-refractivity contribution in [3.63, 3.8) is 0 Å². The Balaban J connectivity index is 1.48. The summed E-state index contributed by atoms with van der Waals surface area (Å²) in [5.41, 5.74) is 1.26. The van der Waals surface area contributed by atoms with Gasteiger partial charge in [0.2, 0.25) is 0 Å². The normalized spacial score (nSPS) is 28.0. The van der Waals surface area contributed by atoms with Crippen molar-refractivity contribution in [2.45, 2.75) is 51.6 Å². The Morgan fingerprint density at radius 3 is 2.76 bits per heavy atom. The molecule has 0 bridgehead atoms. The van der Waals surface area contributed by atoms with Gasteiger partial charge in [-0.05, 0) is 42.2 Å². The fraction of sp³-hybridized carbons (Fsp3) is 0.611. The first-order valence-electron chi connectivity index (χ1n) is 9.03. The molecule has 25 heavy (non-hydrogen) atoms. The maximum Gasteiger partial charge on any atom is 0.335 e. The van der Waals surface area contributed by atoms with Crippen molar-refractivity contribution in [2.24, 2.45) is 5.92 Å². The van der Waals surface area contributed by atoms with Gasteiger partial charge in [-0.3, -0.25) is 19.4 Å². The van der Waals surface area contributed by atoms with Crippen LogP contribution in [0, 0.1) is 5.92 Å². The number of thiophene rings is 1. The topological polar surface area (TPSA) is 60.9 Å². The van der Waals surface area contributed by atoms with E-state index < -0.39 is 17.8 Å². The van der Waals surface area contributed by atoms with Gasteiger partial charge in [-0.2, -0.15) is 0 Å². The van der Waals surface area contributed by atoms with Crippen molar-refractivity contribution >= 4 is 29.2 Å². The third-order valence-electron chi connectivity index (χ3n) is 5.71. The molecule has 1 aliphatic carbocycles. The average molecular weight is 361 g/mol. The highest BCUT2D eigenvalue weighted by atomic mass is 32.1. The van der Waals surface area contributed by atoms with Crippen molar-refractivity contribution in [1.29, 1.82) is 0 Å². The molecule has 0 radical (unpaired) electrons. The molecule has 2 atom stereocenters. The number of fused-ring (bicyclic) bond motifs is 1. The highest BCUT2D eigenvalue weighted by Gasteiger charge is 2.49. The van der Waals surface area contributed by atoms with Gasteiger partial charge in [0.05, 0.1) is 6.67 Å². The van der Waals surface area contributed by atoms with Crippen molar-refractivity contribution < 1.29 is 14.4 Å².